The first kappa shape index (κ1) is 26.4. The lowest BCUT2D eigenvalue weighted by atomic mass is 9.98. The van der Waals surface area contributed by atoms with E-state index in [1.54, 1.807) is 16.6 Å². The number of halogens is 3. The molecule has 3 heterocycles. The summed E-state index contributed by atoms with van der Waals surface area (Å²) in [7, 11) is 1.57. The fourth-order valence-corrected chi connectivity index (χ4v) is 5.27. The van der Waals surface area contributed by atoms with Gasteiger partial charge in [-0.25, -0.2) is 13.8 Å². The van der Waals surface area contributed by atoms with E-state index in [-0.39, 0.29) is 34.1 Å². The summed E-state index contributed by atoms with van der Waals surface area (Å²) >= 11 is 6.07. The number of benzene rings is 2. The van der Waals surface area contributed by atoms with Crippen LogP contribution in [0.15, 0.2) is 24.3 Å². The van der Waals surface area contributed by atoms with Crippen molar-refractivity contribution in [3.8, 4) is 28.6 Å². The highest BCUT2D eigenvalue weighted by atomic mass is 35.5. The van der Waals surface area contributed by atoms with Crippen LogP contribution < -0.4 is 9.47 Å². The first-order valence-corrected chi connectivity index (χ1v) is 12.9. The number of aromatic nitrogens is 2. The molecule has 2 aliphatic rings. The standard InChI is InChI=1S/C28H30ClF2N3O4/c1-15(2)38-24-13-22-16(10-23(24)36-5)6-7-21-25(27(35)33-8-9-37-14-28(33,3)4)32-26(34(21)22)17-11-18(29)20(31)12-19(17)30/h10-13,15H,6-9,14H2,1-5H3. The van der Waals surface area contributed by atoms with Crippen LogP contribution >= 0.6 is 11.6 Å². The molecule has 0 N–H and O–H groups in total. The Balaban J connectivity index is 1.76. The molecule has 10 heteroatoms. The number of ether oxygens (including phenoxy) is 3. The molecule has 0 bridgehead atoms. The number of imidazole rings is 1. The number of hydrogen-bond donors (Lipinski definition) is 0. The topological polar surface area (TPSA) is 65.8 Å². The average Bonchev–Trinajstić information content (AvgIpc) is 3.24. The zero-order chi connectivity index (χ0) is 27.4. The van der Waals surface area contributed by atoms with E-state index in [2.05, 4.69) is 0 Å². The molecule has 0 atom stereocenters. The summed E-state index contributed by atoms with van der Waals surface area (Å²) < 4.78 is 48.2. The molecule has 1 amide bonds. The molecular formula is C28H30ClF2N3O4. The Labute approximate surface area is 225 Å². The molecule has 0 saturated carbocycles. The molecular weight excluding hydrogens is 516 g/mol. The van der Waals surface area contributed by atoms with Crippen molar-refractivity contribution in [1.82, 2.24) is 14.5 Å². The van der Waals surface area contributed by atoms with Crippen LogP contribution in [-0.2, 0) is 17.6 Å². The molecule has 2 aliphatic heterocycles. The summed E-state index contributed by atoms with van der Waals surface area (Å²) in [6.45, 7) is 8.90. The van der Waals surface area contributed by atoms with Crippen LogP contribution in [0.3, 0.4) is 0 Å². The number of hydrogen-bond acceptors (Lipinski definition) is 5. The Morgan fingerprint density at radius 3 is 2.58 bits per heavy atom. The number of aryl methyl sites for hydroxylation is 1. The quantitative estimate of drug-likeness (QED) is 0.390. The van der Waals surface area contributed by atoms with Gasteiger partial charge in [0.15, 0.2) is 17.2 Å². The van der Waals surface area contributed by atoms with Crippen molar-refractivity contribution in [3.05, 3.63) is 57.9 Å². The highest BCUT2D eigenvalue weighted by molar-refractivity contribution is 6.31. The van der Waals surface area contributed by atoms with Gasteiger partial charge in [0.05, 0.1) is 53.9 Å². The van der Waals surface area contributed by atoms with Crippen LogP contribution in [0.1, 0.15) is 49.4 Å². The molecule has 0 aliphatic carbocycles. The van der Waals surface area contributed by atoms with Crippen LogP contribution in [0, 0.1) is 11.6 Å². The maximum absolute atomic E-state index is 15.2. The Hall–Kier alpha value is -3.17. The summed E-state index contributed by atoms with van der Waals surface area (Å²) in [6.07, 6.45) is 0.968. The first-order chi connectivity index (χ1) is 18.0. The van der Waals surface area contributed by atoms with Crippen molar-refractivity contribution in [2.75, 3.05) is 26.9 Å². The summed E-state index contributed by atoms with van der Waals surface area (Å²) in [5, 5.41) is -0.240. The largest absolute Gasteiger partial charge is 0.493 e. The zero-order valence-electron chi connectivity index (χ0n) is 22.0. The Morgan fingerprint density at radius 2 is 1.89 bits per heavy atom. The van der Waals surface area contributed by atoms with Crippen LogP contribution in [0.25, 0.3) is 17.1 Å². The van der Waals surface area contributed by atoms with Gasteiger partial charge in [-0.15, -0.1) is 0 Å². The molecule has 38 heavy (non-hydrogen) atoms. The lowest BCUT2D eigenvalue weighted by Crippen LogP contribution is -2.55. The normalized spacial score (nSPS) is 16.3. The molecule has 3 aromatic rings. The molecule has 1 aromatic heterocycles. The van der Waals surface area contributed by atoms with E-state index in [9.17, 15) is 9.18 Å². The molecule has 0 unspecified atom stereocenters. The highest BCUT2D eigenvalue weighted by Gasteiger charge is 2.39. The number of morpholine rings is 1. The van der Waals surface area contributed by atoms with E-state index in [1.807, 2.05) is 39.8 Å². The molecule has 202 valence electrons. The summed E-state index contributed by atoms with van der Waals surface area (Å²) in [4.78, 5) is 20.4. The predicted molar refractivity (Wildman–Crippen MR) is 140 cm³/mol. The van der Waals surface area contributed by atoms with Crippen LogP contribution in [-0.4, -0.2) is 58.9 Å². The Kier molecular flexibility index (Phi) is 6.86. The smallest absolute Gasteiger partial charge is 0.274 e. The Bertz CT molecular complexity index is 1420. The Morgan fingerprint density at radius 1 is 1.13 bits per heavy atom. The number of carbonyl (C=O) groups excluding carboxylic acids is 1. The average molecular weight is 546 g/mol. The summed E-state index contributed by atoms with van der Waals surface area (Å²) in [6, 6.07) is 5.65. The third-order valence-electron chi connectivity index (χ3n) is 6.92. The monoisotopic (exact) mass is 545 g/mol. The zero-order valence-corrected chi connectivity index (χ0v) is 22.8. The van der Waals surface area contributed by atoms with Gasteiger partial charge in [0, 0.05) is 18.7 Å². The van der Waals surface area contributed by atoms with Crippen LogP contribution in [0.2, 0.25) is 5.02 Å². The predicted octanol–water partition coefficient (Wildman–Crippen LogP) is 5.62. The van der Waals surface area contributed by atoms with Gasteiger partial charge in [-0.2, -0.15) is 0 Å². The molecule has 0 radical (unpaired) electrons. The number of nitrogens with zero attached hydrogens (tertiary/aromatic N) is 3. The van der Waals surface area contributed by atoms with Crippen molar-refractivity contribution in [2.24, 2.45) is 0 Å². The van der Waals surface area contributed by atoms with Crippen molar-refractivity contribution in [2.45, 2.75) is 52.2 Å². The van der Waals surface area contributed by atoms with Gasteiger partial charge in [-0.1, -0.05) is 11.6 Å². The molecule has 1 fully saturated rings. The fourth-order valence-electron chi connectivity index (χ4n) is 5.11. The lowest BCUT2D eigenvalue weighted by Gasteiger charge is -2.41. The number of methoxy groups -OCH3 is 1. The van der Waals surface area contributed by atoms with Gasteiger partial charge in [0.1, 0.15) is 17.5 Å². The minimum atomic E-state index is -0.873. The SMILES string of the molecule is COc1cc2c(cc1OC(C)C)-n1c(-c3cc(Cl)c(F)cc3F)nc(C(=O)N3CCOCC3(C)C)c1CC2. The minimum Gasteiger partial charge on any atom is -0.493 e. The lowest BCUT2D eigenvalue weighted by molar-refractivity contribution is -0.0373. The van der Waals surface area contributed by atoms with E-state index in [4.69, 9.17) is 30.8 Å². The summed E-state index contributed by atoms with van der Waals surface area (Å²) in [5.74, 6) is -0.724. The van der Waals surface area contributed by atoms with E-state index < -0.39 is 17.2 Å². The van der Waals surface area contributed by atoms with Crippen molar-refractivity contribution in [1.29, 1.82) is 0 Å². The van der Waals surface area contributed by atoms with Gasteiger partial charge in [0.2, 0.25) is 0 Å². The van der Waals surface area contributed by atoms with Gasteiger partial charge in [-0.3, -0.25) is 9.36 Å². The molecule has 5 rings (SSSR count). The maximum atomic E-state index is 15.2. The fraction of sp³-hybridized carbons (Fsp3) is 0.429. The second-order valence-corrected chi connectivity index (χ2v) is 10.8. The maximum Gasteiger partial charge on any atom is 0.274 e. The highest BCUT2D eigenvalue weighted by Crippen LogP contribution is 2.41. The third kappa shape index (κ3) is 4.52. The van der Waals surface area contributed by atoms with E-state index in [0.29, 0.717) is 55.5 Å². The molecule has 1 saturated heterocycles. The van der Waals surface area contributed by atoms with Crippen molar-refractivity contribution in [3.63, 3.8) is 0 Å². The number of amides is 1. The number of fused-ring (bicyclic) bond motifs is 3. The molecule has 2 aromatic carbocycles. The minimum absolute atomic E-state index is 0.00654. The number of rotatable bonds is 5. The summed E-state index contributed by atoms with van der Waals surface area (Å²) in [5.41, 5.74) is 1.92. The van der Waals surface area contributed by atoms with Crippen molar-refractivity contribution < 1.29 is 27.8 Å². The van der Waals surface area contributed by atoms with E-state index in [0.717, 1.165) is 11.6 Å². The molecule has 0 spiro atoms. The second-order valence-electron chi connectivity index (χ2n) is 10.4. The van der Waals surface area contributed by atoms with Gasteiger partial charge < -0.3 is 19.1 Å². The number of carbonyl (C=O) groups is 1. The third-order valence-corrected chi connectivity index (χ3v) is 7.21. The van der Waals surface area contributed by atoms with Crippen LogP contribution in [0.5, 0.6) is 11.5 Å². The van der Waals surface area contributed by atoms with Gasteiger partial charge in [0.25, 0.3) is 5.91 Å². The van der Waals surface area contributed by atoms with E-state index >= 15 is 4.39 Å². The van der Waals surface area contributed by atoms with Crippen LogP contribution in [0.4, 0.5) is 8.78 Å². The first-order valence-electron chi connectivity index (χ1n) is 12.6. The molecule has 7 nitrogen and oxygen atoms in total. The van der Waals surface area contributed by atoms with Gasteiger partial charge in [-0.05, 0) is 58.2 Å². The van der Waals surface area contributed by atoms with Gasteiger partial charge >= 0.3 is 0 Å². The second kappa shape index (κ2) is 9.85. The van der Waals surface area contributed by atoms with Crippen molar-refractivity contribution >= 4 is 17.5 Å². The van der Waals surface area contributed by atoms with E-state index in [1.165, 1.54) is 6.07 Å².